The number of carbonyl (C=O) groups excluding carboxylic acids is 2. The molecule has 0 spiro atoms. The minimum Gasteiger partial charge on any atom is -0.366 e. The largest absolute Gasteiger partial charge is 0.366 e. The Morgan fingerprint density at radius 3 is 2.70 bits per heavy atom. The molecular weight excluding hydrogens is 278 g/mol. The van der Waals surface area contributed by atoms with Gasteiger partial charge in [-0.1, -0.05) is 12.5 Å². The molecule has 4 N–H and O–H groups in total. The third-order valence-corrected chi connectivity index (χ3v) is 3.41. The molecule has 1 aromatic rings. The highest BCUT2D eigenvalue weighted by molar-refractivity contribution is 5.98. The second kappa shape index (κ2) is 7.26. The highest BCUT2D eigenvalue weighted by Crippen LogP contribution is 2.18. The van der Waals surface area contributed by atoms with E-state index in [0.29, 0.717) is 11.3 Å². The molecule has 2 rings (SSSR count). The summed E-state index contributed by atoms with van der Waals surface area (Å²) >= 11 is 0. The van der Waals surface area contributed by atoms with Crippen LogP contribution in [0, 0.1) is 6.92 Å². The summed E-state index contributed by atoms with van der Waals surface area (Å²) in [5.41, 5.74) is 7.20. The number of nitrogens with one attached hydrogen (secondary N) is 2. The van der Waals surface area contributed by atoms with Crippen LogP contribution in [-0.2, 0) is 4.79 Å². The second-order valence-electron chi connectivity index (χ2n) is 4.89. The normalized spacial score (nSPS) is 17.9. The lowest BCUT2D eigenvalue weighted by molar-refractivity contribution is -0.118. The number of aryl methyl sites for hydroxylation is 1. The zero-order valence-corrected chi connectivity index (χ0v) is 12.3. The predicted octanol–water partition coefficient (Wildman–Crippen LogP) is 1.60. The molecule has 0 aromatic heterocycles. The summed E-state index contributed by atoms with van der Waals surface area (Å²) in [5, 5.41) is 6.06. The van der Waals surface area contributed by atoms with E-state index < -0.39 is 5.91 Å². The van der Waals surface area contributed by atoms with Gasteiger partial charge in [-0.2, -0.15) is 0 Å². The Kier molecular flexibility index (Phi) is 5.98. The van der Waals surface area contributed by atoms with Crippen molar-refractivity contribution in [3.63, 3.8) is 0 Å². The van der Waals surface area contributed by atoms with Crippen molar-refractivity contribution < 1.29 is 9.59 Å². The molecule has 110 valence electrons. The Labute approximate surface area is 124 Å². The van der Waals surface area contributed by atoms with Gasteiger partial charge in [-0.05, 0) is 44.0 Å². The zero-order valence-electron chi connectivity index (χ0n) is 11.4. The van der Waals surface area contributed by atoms with Crippen molar-refractivity contribution in [1.82, 2.24) is 5.32 Å². The van der Waals surface area contributed by atoms with Crippen LogP contribution in [0.15, 0.2) is 18.2 Å². The number of rotatable bonds is 3. The van der Waals surface area contributed by atoms with Crippen LogP contribution < -0.4 is 16.4 Å². The van der Waals surface area contributed by atoms with Crippen molar-refractivity contribution in [2.75, 3.05) is 11.9 Å². The second-order valence-corrected chi connectivity index (χ2v) is 4.89. The minimum absolute atomic E-state index is 0. The van der Waals surface area contributed by atoms with E-state index in [4.69, 9.17) is 5.73 Å². The molecule has 20 heavy (non-hydrogen) atoms. The van der Waals surface area contributed by atoms with Gasteiger partial charge in [-0.15, -0.1) is 12.4 Å². The summed E-state index contributed by atoms with van der Waals surface area (Å²) in [6.45, 7) is 2.76. The van der Waals surface area contributed by atoms with Gasteiger partial charge in [0.1, 0.15) is 0 Å². The van der Waals surface area contributed by atoms with Crippen molar-refractivity contribution in [1.29, 1.82) is 0 Å². The van der Waals surface area contributed by atoms with Gasteiger partial charge in [0.2, 0.25) is 11.8 Å². The number of hydrogen-bond donors (Lipinski definition) is 3. The van der Waals surface area contributed by atoms with Crippen LogP contribution in [0.3, 0.4) is 0 Å². The topological polar surface area (TPSA) is 84.2 Å². The van der Waals surface area contributed by atoms with E-state index in [1.807, 2.05) is 6.92 Å². The monoisotopic (exact) mass is 297 g/mol. The van der Waals surface area contributed by atoms with Gasteiger partial charge >= 0.3 is 0 Å². The van der Waals surface area contributed by atoms with Crippen LogP contribution >= 0.6 is 12.4 Å². The Morgan fingerprint density at radius 2 is 2.10 bits per heavy atom. The van der Waals surface area contributed by atoms with E-state index in [9.17, 15) is 9.59 Å². The summed E-state index contributed by atoms with van der Waals surface area (Å²) in [6, 6.07) is 4.92. The van der Waals surface area contributed by atoms with Crippen molar-refractivity contribution in [3.05, 3.63) is 29.3 Å². The van der Waals surface area contributed by atoms with Gasteiger partial charge in [0.15, 0.2) is 0 Å². The summed E-state index contributed by atoms with van der Waals surface area (Å²) in [7, 11) is 0. The van der Waals surface area contributed by atoms with Gasteiger partial charge in [-0.25, -0.2) is 0 Å². The van der Waals surface area contributed by atoms with E-state index >= 15 is 0 Å². The maximum atomic E-state index is 12.1. The Hall–Kier alpha value is -1.59. The van der Waals surface area contributed by atoms with E-state index in [-0.39, 0.29) is 24.4 Å². The summed E-state index contributed by atoms with van der Waals surface area (Å²) in [5.74, 6) is -0.546. The smallest absolute Gasteiger partial charge is 0.248 e. The quantitative estimate of drug-likeness (QED) is 0.792. The Balaban J connectivity index is 0.00000200. The number of halogens is 1. The fraction of sp³-hybridized carbons (Fsp3) is 0.429. The van der Waals surface area contributed by atoms with Crippen molar-refractivity contribution in [2.45, 2.75) is 32.2 Å². The molecule has 1 fully saturated rings. The minimum atomic E-state index is -0.494. The van der Waals surface area contributed by atoms with Crippen LogP contribution in [0.5, 0.6) is 0 Å². The van der Waals surface area contributed by atoms with E-state index in [1.165, 1.54) is 0 Å². The molecule has 5 nitrogen and oxygen atoms in total. The summed E-state index contributed by atoms with van der Waals surface area (Å²) in [6.07, 6.45) is 3.02. The van der Waals surface area contributed by atoms with Gasteiger partial charge in [0.25, 0.3) is 0 Å². The fourth-order valence-corrected chi connectivity index (χ4v) is 2.21. The molecule has 0 saturated carbocycles. The molecule has 1 unspecified atom stereocenters. The van der Waals surface area contributed by atoms with Crippen molar-refractivity contribution in [3.8, 4) is 0 Å². The number of amides is 2. The van der Waals surface area contributed by atoms with E-state index in [0.717, 1.165) is 31.4 Å². The molecule has 6 heteroatoms. The first-order valence-electron chi connectivity index (χ1n) is 6.52. The standard InChI is InChI=1S/C14H19N3O2.ClH/c1-9-5-6-10(13(15)18)8-12(9)17-14(19)11-4-2-3-7-16-11;/h5-6,8,11,16H,2-4,7H2,1H3,(H2,15,18)(H,17,19);1H. The van der Waals surface area contributed by atoms with Crippen molar-refractivity contribution >= 4 is 29.9 Å². The van der Waals surface area contributed by atoms with Gasteiger partial charge in [0.05, 0.1) is 6.04 Å². The molecule has 1 aliphatic rings. The predicted molar refractivity (Wildman–Crippen MR) is 81.2 cm³/mol. The third kappa shape index (κ3) is 3.95. The number of anilines is 1. The highest BCUT2D eigenvalue weighted by atomic mass is 35.5. The van der Waals surface area contributed by atoms with Crippen LogP contribution in [0.2, 0.25) is 0 Å². The van der Waals surface area contributed by atoms with Crippen molar-refractivity contribution in [2.24, 2.45) is 5.73 Å². The SMILES string of the molecule is Cc1ccc(C(N)=O)cc1NC(=O)C1CCCCN1.Cl. The lowest BCUT2D eigenvalue weighted by Gasteiger charge is -2.23. The van der Waals surface area contributed by atoms with Gasteiger partial charge in [0, 0.05) is 11.3 Å². The molecule has 0 aliphatic carbocycles. The maximum Gasteiger partial charge on any atom is 0.248 e. The van der Waals surface area contributed by atoms with E-state index in [2.05, 4.69) is 10.6 Å². The summed E-state index contributed by atoms with van der Waals surface area (Å²) < 4.78 is 0. The summed E-state index contributed by atoms with van der Waals surface area (Å²) in [4.78, 5) is 23.3. The molecule has 1 heterocycles. The van der Waals surface area contributed by atoms with Crippen LogP contribution in [-0.4, -0.2) is 24.4 Å². The average Bonchev–Trinajstić information content (AvgIpc) is 2.42. The Morgan fingerprint density at radius 1 is 1.35 bits per heavy atom. The first-order chi connectivity index (χ1) is 9.08. The van der Waals surface area contributed by atoms with Crippen LogP contribution in [0.25, 0.3) is 0 Å². The highest BCUT2D eigenvalue weighted by Gasteiger charge is 2.21. The number of carbonyl (C=O) groups is 2. The molecule has 1 aromatic carbocycles. The average molecular weight is 298 g/mol. The van der Waals surface area contributed by atoms with Gasteiger partial charge in [-0.3, -0.25) is 9.59 Å². The Bertz CT molecular complexity index is 499. The van der Waals surface area contributed by atoms with Crippen LogP contribution in [0.1, 0.15) is 35.2 Å². The number of benzene rings is 1. The number of hydrogen-bond acceptors (Lipinski definition) is 3. The van der Waals surface area contributed by atoms with Gasteiger partial charge < -0.3 is 16.4 Å². The van der Waals surface area contributed by atoms with Crippen LogP contribution in [0.4, 0.5) is 5.69 Å². The number of primary amides is 1. The number of nitrogens with two attached hydrogens (primary N) is 1. The molecule has 1 saturated heterocycles. The molecule has 1 aliphatic heterocycles. The first kappa shape index (κ1) is 16.5. The van der Waals surface area contributed by atoms with E-state index in [1.54, 1.807) is 18.2 Å². The molecule has 0 bridgehead atoms. The molecule has 1 atom stereocenters. The fourth-order valence-electron chi connectivity index (χ4n) is 2.21. The lowest BCUT2D eigenvalue weighted by atomic mass is 10.0. The molecule has 2 amide bonds. The zero-order chi connectivity index (χ0) is 13.8. The molecule has 0 radical (unpaired) electrons. The number of piperidine rings is 1. The third-order valence-electron chi connectivity index (χ3n) is 3.41. The molecular formula is C14H20ClN3O2. The maximum absolute atomic E-state index is 12.1. The lowest BCUT2D eigenvalue weighted by Crippen LogP contribution is -2.43. The first-order valence-corrected chi connectivity index (χ1v) is 6.52.